The molecule has 2 N–H and O–H groups in total. The van der Waals surface area contributed by atoms with Crippen molar-refractivity contribution in [3.63, 3.8) is 0 Å². The fraction of sp³-hybridized carbons (Fsp3) is 0.188. The van der Waals surface area contributed by atoms with Gasteiger partial charge in [-0.25, -0.2) is 4.39 Å². The number of nitrogens with one attached hydrogen (secondary N) is 2. The molecule has 3 nitrogen and oxygen atoms in total. The average molecular weight is 307 g/mol. The predicted octanol–water partition coefficient (Wildman–Crippen LogP) is 4.15. The molecule has 0 fully saturated rings. The van der Waals surface area contributed by atoms with Gasteiger partial charge in [0.25, 0.3) is 0 Å². The normalized spacial score (nSPS) is 10.3. The van der Waals surface area contributed by atoms with Gasteiger partial charge in [0.15, 0.2) is 0 Å². The summed E-state index contributed by atoms with van der Waals surface area (Å²) in [6.07, 6.45) is 0. The molecule has 2 aromatic rings. The molecule has 2 rings (SSSR count). The lowest BCUT2D eigenvalue weighted by molar-refractivity contribution is -0.114. The van der Waals surface area contributed by atoms with Gasteiger partial charge in [-0.1, -0.05) is 17.7 Å². The molecule has 0 radical (unpaired) electrons. The summed E-state index contributed by atoms with van der Waals surface area (Å²) >= 11 is 5.68. The molecule has 2 aromatic carbocycles. The van der Waals surface area contributed by atoms with Crippen molar-refractivity contribution in [2.24, 2.45) is 0 Å². The van der Waals surface area contributed by atoms with Gasteiger partial charge < -0.3 is 10.6 Å². The lowest BCUT2D eigenvalue weighted by Gasteiger charge is -2.09. The van der Waals surface area contributed by atoms with Crippen LogP contribution in [-0.2, 0) is 4.79 Å². The van der Waals surface area contributed by atoms with E-state index in [-0.39, 0.29) is 17.5 Å². The van der Waals surface area contributed by atoms with Gasteiger partial charge in [-0.2, -0.15) is 0 Å². The molecule has 0 bridgehead atoms. The molecule has 1 amide bonds. The van der Waals surface area contributed by atoms with E-state index in [1.165, 1.54) is 18.2 Å². The molecule has 0 spiro atoms. The number of carbonyl (C=O) groups excluding carboxylic acids is 1. The van der Waals surface area contributed by atoms with E-state index in [1.807, 2.05) is 32.0 Å². The molecule has 0 aliphatic rings. The van der Waals surface area contributed by atoms with Gasteiger partial charge >= 0.3 is 0 Å². The first-order valence-corrected chi connectivity index (χ1v) is 6.89. The summed E-state index contributed by atoms with van der Waals surface area (Å²) in [6, 6.07) is 10.1. The van der Waals surface area contributed by atoms with E-state index in [9.17, 15) is 9.18 Å². The Labute approximate surface area is 128 Å². The Morgan fingerprint density at radius 1 is 1.10 bits per heavy atom. The minimum atomic E-state index is -0.484. The first-order chi connectivity index (χ1) is 9.94. The molecule has 0 aliphatic heterocycles. The van der Waals surface area contributed by atoms with E-state index in [0.717, 1.165) is 16.8 Å². The topological polar surface area (TPSA) is 41.1 Å². The Balaban J connectivity index is 1.94. The number of aryl methyl sites for hydroxylation is 2. The van der Waals surface area contributed by atoms with E-state index in [0.29, 0.717) is 5.69 Å². The number of carbonyl (C=O) groups is 1. The Morgan fingerprint density at radius 3 is 2.38 bits per heavy atom. The van der Waals surface area contributed by atoms with Crippen LogP contribution in [0.1, 0.15) is 11.1 Å². The average Bonchev–Trinajstić information content (AvgIpc) is 2.39. The number of hydrogen-bond acceptors (Lipinski definition) is 2. The second-order valence-electron chi connectivity index (χ2n) is 4.91. The molecule has 21 heavy (non-hydrogen) atoms. The first kappa shape index (κ1) is 15.3. The van der Waals surface area contributed by atoms with Crippen molar-refractivity contribution in [2.75, 3.05) is 17.2 Å². The molecule has 0 unspecified atom stereocenters. The summed E-state index contributed by atoms with van der Waals surface area (Å²) in [4.78, 5) is 11.9. The van der Waals surface area contributed by atoms with Crippen LogP contribution in [0.25, 0.3) is 0 Å². The molecule has 0 atom stereocenters. The quantitative estimate of drug-likeness (QED) is 0.891. The van der Waals surface area contributed by atoms with Crippen molar-refractivity contribution in [1.29, 1.82) is 0 Å². The highest BCUT2D eigenvalue weighted by Crippen LogP contribution is 2.19. The van der Waals surface area contributed by atoms with E-state index in [4.69, 9.17) is 11.6 Å². The van der Waals surface area contributed by atoms with Crippen molar-refractivity contribution in [2.45, 2.75) is 13.8 Å². The summed E-state index contributed by atoms with van der Waals surface area (Å²) in [7, 11) is 0. The van der Waals surface area contributed by atoms with E-state index >= 15 is 0 Å². The van der Waals surface area contributed by atoms with Crippen LogP contribution < -0.4 is 10.6 Å². The van der Waals surface area contributed by atoms with Crippen LogP contribution in [0.3, 0.4) is 0 Å². The summed E-state index contributed by atoms with van der Waals surface area (Å²) in [6.45, 7) is 4.03. The van der Waals surface area contributed by atoms with Crippen LogP contribution in [0.5, 0.6) is 0 Å². The van der Waals surface area contributed by atoms with Crippen LogP contribution >= 0.6 is 11.6 Å². The van der Waals surface area contributed by atoms with Gasteiger partial charge in [0.1, 0.15) is 5.82 Å². The van der Waals surface area contributed by atoms with Crippen molar-refractivity contribution in [1.82, 2.24) is 0 Å². The Morgan fingerprint density at radius 2 is 1.76 bits per heavy atom. The number of benzene rings is 2. The summed E-state index contributed by atoms with van der Waals surface area (Å²) in [5, 5.41) is 5.73. The highest BCUT2D eigenvalue weighted by Gasteiger charge is 2.05. The number of anilines is 2. The smallest absolute Gasteiger partial charge is 0.243 e. The molecule has 0 heterocycles. The maximum Gasteiger partial charge on any atom is 0.243 e. The molecule has 0 aliphatic carbocycles. The van der Waals surface area contributed by atoms with E-state index in [2.05, 4.69) is 10.6 Å². The van der Waals surface area contributed by atoms with Crippen molar-refractivity contribution in [3.8, 4) is 0 Å². The summed E-state index contributed by atoms with van der Waals surface area (Å²) in [5.74, 6) is -0.664. The number of amides is 1. The summed E-state index contributed by atoms with van der Waals surface area (Å²) < 4.78 is 13.0. The van der Waals surface area contributed by atoms with Crippen LogP contribution in [-0.4, -0.2) is 12.5 Å². The van der Waals surface area contributed by atoms with Crippen molar-refractivity contribution >= 4 is 28.9 Å². The fourth-order valence-corrected chi connectivity index (χ4v) is 2.22. The maximum absolute atomic E-state index is 13.0. The van der Waals surface area contributed by atoms with Crippen LogP contribution in [0.2, 0.25) is 5.02 Å². The number of halogens is 2. The highest BCUT2D eigenvalue weighted by molar-refractivity contribution is 6.31. The molecule has 5 heteroatoms. The Kier molecular flexibility index (Phi) is 4.81. The van der Waals surface area contributed by atoms with Crippen LogP contribution in [0.4, 0.5) is 15.8 Å². The van der Waals surface area contributed by atoms with Gasteiger partial charge in [-0.05, 0) is 55.3 Å². The third kappa shape index (κ3) is 4.46. The number of hydrogen-bond donors (Lipinski definition) is 2. The highest BCUT2D eigenvalue weighted by atomic mass is 35.5. The first-order valence-electron chi connectivity index (χ1n) is 6.51. The van der Waals surface area contributed by atoms with Crippen LogP contribution in [0.15, 0.2) is 36.4 Å². The standard InChI is InChI=1S/C16H16ClFN2O/c1-10-5-11(2)7-13(6-10)20-16(21)9-19-12-3-4-15(18)14(17)8-12/h3-8,19H,9H2,1-2H3,(H,20,21). The van der Waals surface area contributed by atoms with Gasteiger partial charge in [0.2, 0.25) is 5.91 Å². The Hall–Kier alpha value is -2.07. The Bertz CT molecular complexity index is 653. The maximum atomic E-state index is 13.0. The largest absolute Gasteiger partial charge is 0.376 e. The number of rotatable bonds is 4. The van der Waals surface area contributed by atoms with Gasteiger partial charge in [0.05, 0.1) is 11.6 Å². The molecule has 0 saturated heterocycles. The molecular formula is C16H16ClFN2O. The molecule has 0 saturated carbocycles. The third-order valence-electron chi connectivity index (χ3n) is 2.88. The lowest BCUT2D eigenvalue weighted by Crippen LogP contribution is -2.21. The monoisotopic (exact) mass is 306 g/mol. The van der Waals surface area contributed by atoms with Gasteiger partial charge in [-0.3, -0.25) is 4.79 Å². The zero-order valence-electron chi connectivity index (χ0n) is 11.8. The minimum absolute atomic E-state index is 0.0229. The van der Waals surface area contributed by atoms with Crippen molar-refractivity contribution in [3.05, 3.63) is 58.4 Å². The van der Waals surface area contributed by atoms with Gasteiger partial charge in [-0.15, -0.1) is 0 Å². The lowest BCUT2D eigenvalue weighted by atomic mass is 10.1. The SMILES string of the molecule is Cc1cc(C)cc(NC(=O)CNc2ccc(F)c(Cl)c2)c1. The van der Waals surface area contributed by atoms with E-state index < -0.39 is 5.82 Å². The zero-order chi connectivity index (χ0) is 15.4. The second kappa shape index (κ2) is 6.59. The molecular weight excluding hydrogens is 291 g/mol. The molecule has 110 valence electrons. The fourth-order valence-electron chi connectivity index (χ4n) is 2.04. The minimum Gasteiger partial charge on any atom is -0.376 e. The molecule has 0 aromatic heterocycles. The van der Waals surface area contributed by atoms with Gasteiger partial charge in [0, 0.05) is 11.4 Å². The zero-order valence-corrected chi connectivity index (χ0v) is 12.6. The van der Waals surface area contributed by atoms with Crippen molar-refractivity contribution < 1.29 is 9.18 Å². The summed E-state index contributed by atoms with van der Waals surface area (Å²) in [5.41, 5.74) is 3.53. The van der Waals surface area contributed by atoms with Crippen LogP contribution in [0, 0.1) is 19.7 Å². The second-order valence-corrected chi connectivity index (χ2v) is 5.31. The third-order valence-corrected chi connectivity index (χ3v) is 3.17. The van der Waals surface area contributed by atoms with E-state index in [1.54, 1.807) is 0 Å². The predicted molar refractivity (Wildman–Crippen MR) is 84.4 cm³/mol.